The van der Waals surface area contributed by atoms with Crippen molar-refractivity contribution < 1.29 is 19.4 Å². The molecule has 2 aromatic carbocycles. The van der Waals surface area contributed by atoms with Gasteiger partial charge < -0.3 is 14.6 Å². The molecule has 0 aliphatic carbocycles. The normalized spacial score (nSPS) is 10.1. The number of ether oxygens (including phenoxy) is 2. The van der Waals surface area contributed by atoms with Crippen molar-refractivity contribution >= 4 is 17.6 Å². The van der Waals surface area contributed by atoms with Gasteiger partial charge in [0.15, 0.2) is 11.5 Å². The molecule has 0 fully saturated rings. The maximum Gasteiger partial charge on any atom is 0.307 e. The zero-order valence-electron chi connectivity index (χ0n) is 10.8. The fraction of sp³-hybridized carbons (Fsp3) is 0.133. The molecule has 0 heterocycles. The van der Waals surface area contributed by atoms with Crippen molar-refractivity contribution in [3.05, 3.63) is 53.1 Å². The number of halogens is 1. The maximum absolute atomic E-state index is 10.8. The predicted octanol–water partition coefficient (Wildman–Crippen LogP) is 3.77. The molecule has 4 nitrogen and oxygen atoms in total. The number of aliphatic carboxylic acids is 1. The minimum absolute atomic E-state index is 0.124. The first-order valence-corrected chi connectivity index (χ1v) is 6.29. The lowest BCUT2D eigenvalue weighted by Crippen LogP contribution is -2.03. The Hall–Kier alpha value is -2.20. The predicted molar refractivity (Wildman–Crippen MR) is 75.9 cm³/mol. The second kappa shape index (κ2) is 6.30. The molecule has 0 spiro atoms. The van der Waals surface area contributed by atoms with Crippen LogP contribution in [0.2, 0.25) is 5.02 Å². The number of hydrogen-bond donors (Lipinski definition) is 1. The molecule has 2 aromatic rings. The molecular weight excluding hydrogens is 280 g/mol. The summed E-state index contributed by atoms with van der Waals surface area (Å²) in [4.78, 5) is 10.8. The zero-order chi connectivity index (χ0) is 14.5. The Balaban J connectivity index is 2.31. The SMILES string of the molecule is COc1c(CC(=O)O)cccc1Oc1ccc(Cl)cc1. The van der Waals surface area contributed by atoms with E-state index in [1.54, 1.807) is 42.5 Å². The second-order valence-corrected chi connectivity index (χ2v) is 4.51. The van der Waals surface area contributed by atoms with Gasteiger partial charge in [-0.25, -0.2) is 0 Å². The van der Waals surface area contributed by atoms with Crippen molar-refractivity contribution in [2.45, 2.75) is 6.42 Å². The summed E-state index contributed by atoms with van der Waals surface area (Å²) in [5, 5.41) is 9.50. The number of methoxy groups -OCH3 is 1. The highest BCUT2D eigenvalue weighted by molar-refractivity contribution is 6.30. The summed E-state index contributed by atoms with van der Waals surface area (Å²) in [7, 11) is 1.48. The Labute approximate surface area is 121 Å². The van der Waals surface area contributed by atoms with Crippen LogP contribution in [-0.4, -0.2) is 18.2 Å². The summed E-state index contributed by atoms with van der Waals surface area (Å²) in [6.07, 6.45) is -0.124. The molecule has 0 unspecified atom stereocenters. The Morgan fingerprint density at radius 1 is 1.20 bits per heavy atom. The van der Waals surface area contributed by atoms with Crippen molar-refractivity contribution in [1.29, 1.82) is 0 Å². The first-order valence-electron chi connectivity index (χ1n) is 5.91. The van der Waals surface area contributed by atoms with Crippen LogP contribution in [0.15, 0.2) is 42.5 Å². The van der Waals surface area contributed by atoms with Crippen LogP contribution < -0.4 is 9.47 Å². The molecule has 104 valence electrons. The first kappa shape index (κ1) is 14.2. The van der Waals surface area contributed by atoms with Gasteiger partial charge in [0.1, 0.15) is 5.75 Å². The lowest BCUT2D eigenvalue weighted by atomic mass is 10.1. The fourth-order valence-corrected chi connectivity index (χ4v) is 1.93. The molecule has 0 saturated carbocycles. The van der Waals surface area contributed by atoms with Crippen LogP contribution in [0, 0.1) is 0 Å². The number of carboxylic acid groups (broad SMARTS) is 1. The van der Waals surface area contributed by atoms with Gasteiger partial charge in [-0.15, -0.1) is 0 Å². The molecule has 0 radical (unpaired) electrons. The fourth-order valence-electron chi connectivity index (χ4n) is 1.81. The van der Waals surface area contributed by atoms with Crippen LogP contribution in [0.4, 0.5) is 0 Å². The van der Waals surface area contributed by atoms with Gasteiger partial charge in [0, 0.05) is 10.6 Å². The van der Waals surface area contributed by atoms with Crippen LogP contribution in [-0.2, 0) is 11.2 Å². The maximum atomic E-state index is 10.8. The number of hydrogen-bond acceptors (Lipinski definition) is 3. The van der Waals surface area contributed by atoms with Crippen molar-refractivity contribution in [3.63, 3.8) is 0 Å². The van der Waals surface area contributed by atoms with E-state index >= 15 is 0 Å². The van der Waals surface area contributed by atoms with Crippen molar-refractivity contribution in [3.8, 4) is 17.2 Å². The van der Waals surface area contributed by atoms with Gasteiger partial charge in [0.05, 0.1) is 13.5 Å². The summed E-state index contributed by atoms with van der Waals surface area (Å²) in [6, 6.07) is 12.0. The Morgan fingerprint density at radius 3 is 2.50 bits per heavy atom. The topological polar surface area (TPSA) is 55.8 Å². The van der Waals surface area contributed by atoms with E-state index in [1.807, 2.05) is 0 Å². The summed E-state index contributed by atoms with van der Waals surface area (Å²) in [5.41, 5.74) is 0.562. The summed E-state index contributed by atoms with van der Waals surface area (Å²) in [5.74, 6) is 0.561. The zero-order valence-corrected chi connectivity index (χ0v) is 11.6. The van der Waals surface area contributed by atoms with Gasteiger partial charge in [-0.2, -0.15) is 0 Å². The number of carbonyl (C=O) groups is 1. The number of benzene rings is 2. The van der Waals surface area contributed by atoms with Crippen LogP contribution in [0.5, 0.6) is 17.2 Å². The third-order valence-electron chi connectivity index (χ3n) is 2.65. The molecule has 0 aromatic heterocycles. The van der Waals surface area contributed by atoms with Crippen molar-refractivity contribution in [1.82, 2.24) is 0 Å². The molecule has 0 bridgehead atoms. The smallest absolute Gasteiger partial charge is 0.307 e. The third kappa shape index (κ3) is 3.42. The highest BCUT2D eigenvalue weighted by Crippen LogP contribution is 2.35. The van der Waals surface area contributed by atoms with E-state index in [0.29, 0.717) is 27.8 Å². The largest absolute Gasteiger partial charge is 0.493 e. The minimum Gasteiger partial charge on any atom is -0.493 e. The average Bonchev–Trinajstić information content (AvgIpc) is 2.41. The van der Waals surface area contributed by atoms with E-state index in [0.717, 1.165) is 0 Å². The van der Waals surface area contributed by atoms with E-state index in [1.165, 1.54) is 7.11 Å². The molecule has 0 atom stereocenters. The molecule has 1 N–H and O–H groups in total. The standard InChI is InChI=1S/C15H13ClO4/c1-19-15-10(9-14(17)18)3-2-4-13(15)20-12-7-5-11(16)6-8-12/h2-8H,9H2,1H3,(H,17,18). The Morgan fingerprint density at radius 2 is 1.90 bits per heavy atom. The van der Waals surface area contributed by atoms with E-state index in [4.69, 9.17) is 26.2 Å². The summed E-state index contributed by atoms with van der Waals surface area (Å²) < 4.78 is 11.0. The van der Waals surface area contributed by atoms with Gasteiger partial charge >= 0.3 is 5.97 Å². The molecule has 0 saturated heterocycles. The van der Waals surface area contributed by atoms with E-state index in [9.17, 15) is 4.79 Å². The van der Waals surface area contributed by atoms with Gasteiger partial charge in [0.2, 0.25) is 0 Å². The van der Waals surface area contributed by atoms with Crippen LogP contribution in [0.1, 0.15) is 5.56 Å². The average molecular weight is 293 g/mol. The number of para-hydroxylation sites is 1. The van der Waals surface area contributed by atoms with Crippen LogP contribution >= 0.6 is 11.6 Å². The summed E-state index contributed by atoms with van der Waals surface area (Å²) in [6.45, 7) is 0. The first-order chi connectivity index (χ1) is 9.60. The van der Waals surface area contributed by atoms with Gasteiger partial charge in [-0.3, -0.25) is 4.79 Å². The quantitative estimate of drug-likeness (QED) is 0.911. The molecule has 20 heavy (non-hydrogen) atoms. The number of rotatable bonds is 5. The summed E-state index contributed by atoms with van der Waals surface area (Å²) >= 11 is 5.81. The molecule has 2 rings (SSSR count). The lowest BCUT2D eigenvalue weighted by Gasteiger charge is -2.13. The van der Waals surface area contributed by atoms with E-state index < -0.39 is 5.97 Å². The van der Waals surface area contributed by atoms with Crippen molar-refractivity contribution in [2.75, 3.05) is 7.11 Å². The monoisotopic (exact) mass is 292 g/mol. The van der Waals surface area contributed by atoms with Crippen LogP contribution in [0.25, 0.3) is 0 Å². The van der Waals surface area contributed by atoms with Gasteiger partial charge in [0.25, 0.3) is 0 Å². The second-order valence-electron chi connectivity index (χ2n) is 4.08. The molecule has 5 heteroatoms. The minimum atomic E-state index is -0.924. The highest BCUT2D eigenvalue weighted by Gasteiger charge is 2.13. The van der Waals surface area contributed by atoms with Crippen LogP contribution in [0.3, 0.4) is 0 Å². The van der Waals surface area contributed by atoms with Gasteiger partial charge in [-0.1, -0.05) is 23.7 Å². The van der Waals surface area contributed by atoms with Gasteiger partial charge in [-0.05, 0) is 30.3 Å². The molecule has 0 aliphatic rings. The van der Waals surface area contributed by atoms with E-state index in [2.05, 4.69) is 0 Å². The van der Waals surface area contributed by atoms with Crippen molar-refractivity contribution in [2.24, 2.45) is 0 Å². The number of carboxylic acids is 1. The lowest BCUT2D eigenvalue weighted by molar-refractivity contribution is -0.136. The third-order valence-corrected chi connectivity index (χ3v) is 2.90. The molecule has 0 aliphatic heterocycles. The Bertz CT molecular complexity index is 608. The molecule has 0 amide bonds. The molecular formula is C15H13ClO4. The Kier molecular flexibility index (Phi) is 4.48. The highest BCUT2D eigenvalue weighted by atomic mass is 35.5. The van der Waals surface area contributed by atoms with E-state index in [-0.39, 0.29) is 6.42 Å².